The van der Waals surface area contributed by atoms with Gasteiger partial charge in [-0.25, -0.2) is 0 Å². The van der Waals surface area contributed by atoms with Crippen LogP contribution in [0.3, 0.4) is 0 Å². The Bertz CT molecular complexity index is 1680. The zero-order chi connectivity index (χ0) is 29.4. The average Bonchev–Trinajstić information content (AvgIpc) is 3.19. The number of pyridine rings is 3. The summed E-state index contributed by atoms with van der Waals surface area (Å²) in [5.74, 6) is 0. The molecule has 0 saturated carbocycles. The topological polar surface area (TPSA) is 38.7 Å². The molecule has 0 atom stereocenters. The first-order valence-electron chi connectivity index (χ1n) is 14.3. The first kappa shape index (κ1) is 18.8. The van der Waals surface area contributed by atoms with Gasteiger partial charge in [0.05, 0.1) is 0 Å². The summed E-state index contributed by atoms with van der Waals surface area (Å²) in [4.78, 5) is 12.9. The third kappa shape index (κ3) is 5.06. The van der Waals surface area contributed by atoms with Crippen molar-refractivity contribution in [3.63, 3.8) is 0 Å². The summed E-state index contributed by atoms with van der Waals surface area (Å²) < 4.78 is 44.3. The monoisotopic (exact) mass is 652 g/mol. The molecule has 1 radical (unpaired) electrons. The van der Waals surface area contributed by atoms with Crippen molar-refractivity contribution >= 4 is 0 Å². The summed E-state index contributed by atoms with van der Waals surface area (Å²) >= 11 is 0. The van der Waals surface area contributed by atoms with E-state index in [1.165, 1.54) is 29.0 Å². The van der Waals surface area contributed by atoms with E-state index in [-0.39, 0.29) is 36.8 Å². The van der Waals surface area contributed by atoms with Gasteiger partial charge in [-0.1, -0.05) is 56.3 Å². The number of hydrogen-bond donors (Lipinski definition) is 0. The number of hydrogen-bond acceptors (Lipinski definition) is 3. The van der Waals surface area contributed by atoms with Gasteiger partial charge in [0, 0.05) is 51.7 Å². The van der Waals surface area contributed by atoms with E-state index in [9.17, 15) is 0 Å². The van der Waals surface area contributed by atoms with Crippen LogP contribution in [0.2, 0.25) is 0 Å². The van der Waals surface area contributed by atoms with E-state index in [1.807, 2.05) is 36.5 Å². The van der Waals surface area contributed by atoms with Crippen molar-refractivity contribution in [2.45, 2.75) is 33.0 Å². The fraction of sp³-hybridized carbons (Fsp3) is 0.156. The minimum Gasteiger partial charge on any atom is -0.317 e. The van der Waals surface area contributed by atoms with Gasteiger partial charge in [0.2, 0.25) is 0 Å². The van der Waals surface area contributed by atoms with Gasteiger partial charge in [-0.05, 0) is 58.7 Å². The molecule has 3 heterocycles. The minimum absolute atomic E-state index is 0. The molecule has 0 aliphatic heterocycles. The number of rotatable bonds is 2. The van der Waals surface area contributed by atoms with Gasteiger partial charge in [-0.2, -0.15) is 12.1 Å². The SMILES string of the molecule is [2H]C([2H])([2H])c1cc[c-]c(-c2cc3c(cn2)-c2ccccc2C3(C)C)n1.[2H]C([2H])([2H])c1ccc(-c2[c-]cccc2)nc1.[Ir]. The Kier molecular flexibility index (Phi) is 5.55. The van der Waals surface area contributed by atoms with Crippen LogP contribution in [0.25, 0.3) is 33.8 Å². The van der Waals surface area contributed by atoms with Crippen molar-refractivity contribution < 1.29 is 28.3 Å². The normalized spacial score (nSPS) is 15.6. The molecule has 2 aromatic carbocycles. The molecular weight excluding hydrogens is 619 g/mol. The van der Waals surface area contributed by atoms with E-state index in [2.05, 4.69) is 59.1 Å². The number of benzene rings is 2. The van der Waals surface area contributed by atoms with Crippen LogP contribution in [0, 0.1) is 25.8 Å². The molecule has 3 aromatic heterocycles. The second kappa shape index (κ2) is 10.7. The Labute approximate surface area is 235 Å². The Balaban J connectivity index is 0.000000207. The van der Waals surface area contributed by atoms with Crippen LogP contribution in [0.4, 0.5) is 0 Å². The summed E-state index contributed by atoms with van der Waals surface area (Å²) in [5.41, 5.74) is 7.65. The fourth-order valence-electron chi connectivity index (χ4n) is 4.35. The van der Waals surface area contributed by atoms with Crippen LogP contribution in [0.1, 0.15) is 44.5 Å². The molecule has 0 spiro atoms. The van der Waals surface area contributed by atoms with E-state index < -0.39 is 13.7 Å². The third-order valence-corrected chi connectivity index (χ3v) is 6.15. The molecule has 6 rings (SSSR count). The van der Waals surface area contributed by atoms with Gasteiger partial charge in [0.25, 0.3) is 0 Å². The van der Waals surface area contributed by atoms with Crippen LogP contribution in [-0.4, -0.2) is 15.0 Å². The Hall–Kier alpha value is -3.46. The zero-order valence-electron chi connectivity index (χ0n) is 25.8. The molecule has 0 unspecified atom stereocenters. The van der Waals surface area contributed by atoms with Gasteiger partial charge in [-0.3, -0.25) is 4.98 Å². The maximum absolute atomic E-state index is 7.54. The predicted molar refractivity (Wildman–Crippen MR) is 142 cm³/mol. The van der Waals surface area contributed by atoms with Crippen molar-refractivity contribution in [2.75, 3.05) is 0 Å². The van der Waals surface area contributed by atoms with Crippen LogP contribution < -0.4 is 0 Å². The van der Waals surface area contributed by atoms with Crippen LogP contribution >= 0.6 is 0 Å². The predicted octanol–water partition coefficient (Wildman–Crippen LogP) is 7.41. The van der Waals surface area contributed by atoms with Gasteiger partial charge in [0.15, 0.2) is 0 Å². The van der Waals surface area contributed by atoms with Crippen molar-refractivity contribution in [1.82, 2.24) is 15.0 Å². The molecule has 3 nitrogen and oxygen atoms in total. The number of nitrogens with zero attached hydrogens (tertiary/aromatic N) is 3. The van der Waals surface area contributed by atoms with E-state index in [0.717, 1.165) is 16.8 Å². The largest absolute Gasteiger partial charge is 0.317 e. The first-order valence-corrected chi connectivity index (χ1v) is 11.3. The second-order valence-electron chi connectivity index (χ2n) is 8.82. The molecule has 1 aliphatic rings. The Morgan fingerprint density at radius 3 is 2.33 bits per heavy atom. The number of aromatic nitrogens is 3. The van der Waals surface area contributed by atoms with Gasteiger partial charge in [-0.15, -0.1) is 42.0 Å². The van der Waals surface area contributed by atoms with Crippen molar-refractivity contribution in [3.8, 4) is 33.8 Å². The molecule has 4 heteroatoms. The summed E-state index contributed by atoms with van der Waals surface area (Å²) in [7, 11) is 0. The number of aryl methyl sites for hydroxylation is 2. The van der Waals surface area contributed by atoms with E-state index in [1.54, 1.807) is 24.3 Å². The Morgan fingerprint density at radius 1 is 0.750 bits per heavy atom. The number of fused-ring (bicyclic) bond motifs is 3. The quantitative estimate of drug-likeness (QED) is 0.187. The van der Waals surface area contributed by atoms with Crippen LogP contribution in [-0.2, 0) is 25.5 Å². The second-order valence-corrected chi connectivity index (χ2v) is 8.82. The summed E-state index contributed by atoms with van der Waals surface area (Å²) in [6.07, 6.45) is 3.25. The molecule has 181 valence electrons. The summed E-state index contributed by atoms with van der Waals surface area (Å²) in [6.45, 7) is 0.0525. The molecule has 1 aliphatic carbocycles. The standard InChI is InChI=1S/C20H17N2.C12H10N.Ir/c1-13-7-6-10-18(22-13)19-11-17-15(12-21-19)14-8-4-5-9-16(14)20(17,2)3;1-10-7-8-12(13-9-10)11-5-3-2-4-6-11;/h4-9,11-12H,1-3H3;2-5,7-9H,1H3;/q2*-1;/i2*1D3;. The van der Waals surface area contributed by atoms with Crippen LogP contribution in [0.15, 0.2) is 91.3 Å². The summed E-state index contributed by atoms with van der Waals surface area (Å²) in [6, 6.07) is 30.2. The van der Waals surface area contributed by atoms with Gasteiger partial charge < -0.3 is 9.97 Å². The summed E-state index contributed by atoms with van der Waals surface area (Å²) in [5, 5.41) is 0. The molecule has 0 fully saturated rings. The molecule has 0 bridgehead atoms. The van der Waals surface area contributed by atoms with Crippen LogP contribution in [0.5, 0.6) is 0 Å². The van der Waals surface area contributed by atoms with E-state index in [0.29, 0.717) is 11.4 Å². The average molecular weight is 652 g/mol. The van der Waals surface area contributed by atoms with E-state index in [4.69, 9.17) is 8.22 Å². The third-order valence-electron chi connectivity index (χ3n) is 6.15. The fourth-order valence-corrected chi connectivity index (χ4v) is 4.35. The Morgan fingerprint density at radius 2 is 1.58 bits per heavy atom. The van der Waals surface area contributed by atoms with E-state index >= 15 is 0 Å². The molecular formula is C32H27IrN3-2. The molecule has 0 amide bonds. The van der Waals surface area contributed by atoms with Crippen molar-refractivity contribution in [2.24, 2.45) is 0 Å². The van der Waals surface area contributed by atoms with Crippen molar-refractivity contribution in [3.05, 3.63) is 126 Å². The minimum atomic E-state index is -2.24. The van der Waals surface area contributed by atoms with Gasteiger partial charge >= 0.3 is 0 Å². The molecule has 5 aromatic rings. The molecule has 0 saturated heterocycles. The maximum Gasteiger partial charge on any atom is 0.0284 e. The zero-order valence-corrected chi connectivity index (χ0v) is 22.2. The van der Waals surface area contributed by atoms with Crippen molar-refractivity contribution in [1.29, 1.82) is 0 Å². The molecule has 36 heavy (non-hydrogen) atoms. The smallest absolute Gasteiger partial charge is 0.0284 e. The van der Waals surface area contributed by atoms with Gasteiger partial charge in [0.1, 0.15) is 0 Å². The molecule has 0 N–H and O–H groups in total. The first-order chi connectivity index (χ1) is 19.4. The maximum atomic E-state index is 7.54.